The van der Waals surface area contributed by atoms with Gasteiger partial charge in [0.2, 0.25) is 0 Å². The maximum atomic E-state index is 12.9. The standard InChI is InChI=1S/C74H130O6/c1-4-7-10-13-16-19-22-25-28-31-34-35-36-37-38-39-41-43-46-49-52-55-58-61-64-67-73(76)79-70-71(69-78-72(75)66-63-60-57-54-51-48-45-42-33-30-27-24-21-18-15-12-9-6-3)80-74(77)68-65-62-59-56-53-50-47-44-40-32-29-26-23-20-17-14-11-8-5-2/h8,11,17,20-21,24,26,29-31,33-34,40,44,71H,4-7,9-10,12-16,18-19,22-23,25,27-28,32,35-39,41-43,45-70H2,1-3H3/b11-8-,20-17-,24-21-,29-26-,33-30-,34-31-,44-40-. The van der Waals surface area contributed by atoms with Crippen LogP contribution in [0.15, 0.2) is 85.1 Å². The van der Waals surface area contributed by atoms with Gasteiger partial charge in [0.1, 0.15) is 13.2 Å². The zero-order chi connectivity index (χ0) is 57.8. The van der Waals surface area contributed by atoms with Gasteiger partial charge in [-0.2, -0.15) is 0 Å². The predicted molar refractivity (Wildman–Crippen MR) is 348 cm³/mol. The SMILES string of the molecule is CC/C=C\C/C=C\C/C=C\C/C=C\CCCCCCCCC(=O)OC(COC(=O)CCCCCCCCC/C=C\C/C=C\CCCCCC)COC(=O)CCCCCCCCCCCCCCC/C=C\CCCCCCCCCC. The Balaban J connectivity index is 4.36. The molecule has 0 aliphatic heterocycles. The second-order valence-electron chi connectivity index (χ2n) is 23.1. The van der Waals surface area contributed by atoms with Gasteiger partial charge >= 0.3 is 17.9 Å². The van der Waals surface area contributed by atoms with E-state index in [4.69, 9.17) is 14.2 Å². The molecule has 0 aromatic rings. The normalized spacial score (nSPS) is 12.6. The molecule has 0 N–H and O–H groups in total. The highest BCUT2D eigenvalue weighted by Gasteiger charge is 2.19. The Labute approximate surface area is 496 Å². The molecule has 1 unspecified atom stereocenters. The third-order valence-corrected chi connectivity index (χ3v) is 15.1. The van der Waals surface area contributed by atoms with Crippen LogP contribution in [0.5, 0.6) is 0 Å². The lowest BCUT2D eigenvalue weighted by atomic mass is 10.0. The van der Waals surface area contributed by atoms with Crippen molar-refractivity contribution < 1.29 is 28.6 Å². The van der Waals surface area contributed by atoms with Gasteiger partial charge in [0, 0.05) is 19.3 Å². The van der Waals surface area contributed by atoms with Crippen molar-refractivity contribution >= 4 is 17.9 Å². The first kappa shape index (κ1) is 76.6. The Hall–Kier alpha value is -3.41. The minimum Gasteiger partial charge on any atom is -0.462 e. The van der Waals surface area contributed by atoms with Gasteiger partial charge in [-0.25, -0.2) is 0 Å². The van der Waals surface area contributed by atoms with Crippen molar-refractivity contribution in [2.45, 2.75) is 354 Å². The molecule has 462 valence electrons. The van der Waals surface area contributed by atoms with Gasteiger partial charge in [-0.05, 0) is 116 Å². The van der Waals surface area contributed by atoms with Crippen LogP contribution in [0.1, 0.15) is 348 Å². The van der Waals surface area contributed by atoms with Gasteiger partial charge in [-0.15, -0.1) is 0 Å². The molecule has 0 saturated heterocycles. The zero-order valence-electron chi connectivity index (χ0n) is 53.1. The molecule has 6 nitrogen and oxygen atoms in total. The van der Waals surface area contributed by atoms with E-state index in [0.29, 0.717) is 19.3 Å². The third-order valence-electron chi connectivity index (χ3n) is 15.1. The minimum atomic E-state index is -0.790. The van der Waals surface area contributed by atoms with E-state index in [1.165, 1.54) is 199 Å². The molecule has 0 aromatic heterocycles. The molecule has 1 atom stereocenters. The second-order valence-corrected chi connectivity index (χ2v) is 23.1. The first-order valence-corrected chi connectivity index (χ1v) is 34.6. The third kappa shape index (κ3) is 65.4. The van der Waals surface area contributed by atoms with Crippen LogP contribution in [0.25, 0.3) is 0 Å². The van der Waals surface area contributed by atoms with Crippen LogP contribution in [0.4, 0.5) is 0 Å². The molecule has 0 fully saturated rings. The lowest BCUT2D eigenvalue weighted by Crippen LogP contribution is -2.30. The Bertz CT molecular complexity index is 1520. The number of allylic oxidation sites excluding steroid dienone is 14. The van der Waals surface area contributed by atoms with E-state index in [1.807, 2.05) is 0 Å². The maximum Gasteiger partial charge on any atom is 0.306 e. The summed E-state index contributed by atoms with van der Waals surface area (Å²) in [6.45, 7) is 6.54. The lowest BCUT2D eigenvalue weighted by Gasteiger charge is -2.18. The summed E-state index contributed by atoms with van der Waals surface area (Å²) < 4.78 is 17.0. The van der Waals surface area contributed by atoms with Crippen molar-refractivity contribution in [1.82, 2.24) is 0 Å². The number of esters is 3. The van der Waals surface area contributed by atoms with E-state index in [9.17, 15) is 14.4 Å². The molecule has 0 amide bonds. The maximum absolute atomic E-state index is 12.9. The number of carbonyl (C=O) groups is 3. The first-order valence-electron chi connectivity index (χ1n) is 34.6. The van der Waals surface area contributed by atoms with Crippen molar-refractivity contribution in [2.24, 2.45) is 0 Å². The first-order chi connectivity index (χ1) is 39.5. The fourth-order valence-electron chi connectivity index (χ4n) is 9.93. The molecule has 0 spiro atoms. The average Bonchev–Trinajstić information content (AvgIpc) is 3.46. The summed E-state index contributed by atoms with van der Waals surface area (Å²) in [5.74, 6) is -0.889. The average molecular weight is 1120 g/mol. The molecule has 6 heteroatoms. The van der Waals surface area contributed by atoms with Gasteiger partial charge in [-0.1, -0.05) is 298 Å². The van der Waals surface area contributed by atoms with Crippen LogP contribution < -0.4 is 0 Å². The van der Waals surface area contributed by atoms with Gasteiger partial charge in [-0.3, -0.25) is 14.4 Å². The van der Waals surface area contributed by atoms with E-state index in [-0.39, 0.29) is 31.1 Å². The summed E-state index contributed by atoms with van der Waals surface area (Å²) in [5, 5.41) is 0. The van der Waals surface area contributed by atoms with E-state index in [1.54, 1.807) is 0 Å². The molecule has 0 heterocycles. The molecule has 0 rings (SSSR count). The molecule has 80 heavy (non-hydrogen) atoms. The highest BCUT2D eigenvalue weighted by molar-refractivity contribution is 5.71. The van der Waals surface area contributed by atoms with Gasteiger partial charge < -0.3 is 14.2 Å². The quantitative estimate of drug-likeness (QED) is 0.0261. The number of hydrogen-bond acceptors (Lipinski definition) is 6. The summed E-state index contributed by atoms with van der Waals surface area (Å²) in [7, 11) is 0. The molecule has 0 radical (unpaired) electrons. The molecular formula is C74H130O6. The summed E-state index contributed by atoms with van der Waals surface area (Å²) in [6.07, 6.45) is 90.3. The van der Waals surface area contributed by atoms with Crippen LogP contribution in [0, 0.1) is 0 Å². The summed E-state index contributed by atoms with van der Waals surface area (Å²) >= 11 is 0. The van der Waals surface area contributed by atoms with Crippen LogP contribution in [0.2, 0.25) is 0 Å². The fourth-order valence-corrected chi connectivity index (χ4v) is 9.93. The van der Waals surface area contributed by atoms with E-state index < -0.39 is 6.10 Å². The molecule has 0 aliphatic rings. The lowest BCUT2D eigenvalue weighted by molar-refractivity contribution is -0.167. The molecular weight excluding hydrogens is 985 g/mol. The second kappa shape index (κ2) is 68.1. The molecule has 0 saturated carbocycles. The number of rotatable bonds is 63. The highest BCUT2D eigenvalue weighted by Crippen LogP contribution is 2.17. The Morgan fingerprint density at radius 1 is 0.263 bits per heavy atom. The fraction of sp³-hybridized carbons (Fsp3) is 0.770. The van der Waals surface area contributed by atoms with Crippen molar-refractivity contribution in [3.8, 4) is 0 Å². The van der Waals surface area contributed by atoms with Gasteiger partial charge in [0.15, 0.2) is 6.10 Å². The number of carbonyl (C=O) groups excluding carboxylic acids is 3. The molecule has 0 bridgehead atoms. The Morgan fingerprint density at radius 3 is 0.787 bits per heavy atom. The van der Waals surface area contributed by atoms with E-state index in [2.05, 4.69) is 106 Å². The summed E-state index contributed by atoms with van der Waals surface area (Å²) in [6, 6.07) is 0. The minimum absolute atomic E-state index is 0.0834. The van der Waals surface area contributed by atoms with Crippen molar-refractivity contribution in [1.29, 1.82) is 0 Å². The zero-order valence-corrected chi connectivity index (χ0v) is 53.1. The van der Waals surface area contributed by atoms with Crippen molar-refractivity contribution in [3.05, 3.63) is 85.1 Å². The van der Waals surface area contributed by atoms with Gasteiger partial charge in [0.25, 0.3) is 0 Å². The van der Waals surface area contributed by atoms with Crippen molar-refractivity contribution in [2.75, 3.05) is 13.2 Å². The largest absolute Gasteiger partial charge is 0.462 e. The topological polar surface area (TPSA) is 78.9 Å². The van der Waals surface area contributed by atoms with Crippen LogP contribution >= 0.6 is 0 Å². The molecule has 0 aromatic carbocycles. The van der Waals surface area contributed by atoms with Crippen molar-refractivity contribution in [3.63, 3.8) is 0 Å². The number of hydrogen-bond donors (Lipinski definition) is 0. The Morgan fingerprint density at radius 2 is 0.487 bits per heavy atom. The Kier molecular flexibility index (Phi) is 65.2. The van der Waals surface area contributed by atoms with E-state index >= 15 is 0 Å². The summed E-state index contributed by atoms with van der Waals surface area (Å²) in [4.78, 5) is 38.4. The highest BCUT2D eigenvalue weighted by atomic mass is 16.6. The summed E-state index contributed by atoms with van der Waals surface area (Å²) in [5.41, 5.74) is 0. The predicted octanol–water partition coefficient (Wildman–Crippen LogP) is 23.8. The number of ether oxygens (including phenoxy) is 3. The van der Waals surface area contributed by atoms with Crippen LogP contribution in [-0.2, 0) is 28.6 Å². The van der Waals surface area contributed by atoms with Crippen LogP contribution in [-0.4, -0.2) is 37.2 Å². The smallest absolute Gasteiger partial charge is 0.306 e. The van der Waals surface area contributed by atoms with Gasteiger partial charge in [0.05, 0.1) is 0 Å². The number of unbranched alkanes of at least 4 members (excludes halogenated alkanes) is 38. The molecule has 0 aliphatic carbocycles. The van der Waals surface area contributed by atoms with Crippen LogP contribution in [0.3, 0.4) is 0 Å². The van der Waals surface area contributed by atoms with E-state index in [0.717, 1.165) is 109 Å². The monoisotopic (exact) mass is 1110 g/mol.